The zero-order valence-electron chi connectivity index (χ0n) is 27.2. The third kappa shape index (κ3) is 29.7. The fraction of sp³-hybridized carbons (Fsp3) is 0.914. The van der Waals surface area contributed by atoms with Crippen LogP contribution in [0.3, 0.4) is 0 Å². The molecule has 0 radical (unpaired) electrons. The molecule has 0 aliphatic carbocycles. The lowest BCUT2D eigenvalue weighted by Crippen LogP contribution is -2.37. The molecule has 0 aliphatic rings. The number of primary amides is 1. The number of unbranched alkanes of at least 4 members (excludes halogenated alkanes) is 24. The lowest BCUT2D eigenvalue weighted by atomic mass is 10.0. The van der Waals surface area contributed by atoms with Crippen LogP contribution in [0.2, 0.25) is 0 Å². The summed E-state index contributed by atoms with van der Waals surface area (Å²) >= 11 is 0. The monoisotopic (exact) mass is 582 g/mol. The second-order valence-electron chi connectivity index (χ2n) is 12.0. The van der Waals surface area contributed by atoms with E-state index in [0.29, 0.717) is 6.42 Å². The van der Waals surface area contributed by atoms with Gasteiger partial charge in [-0.05, 0) is 12.8 Å². The minimum Gasteiger partial charge on any atom is -0.461 e. The molecule has 242 valence electrons. The van der Waals surface area contributed by atoms with E-state index in [1.165, 1.54) is 128 Å². The molecular weight excluding hydrogens is 514 g/mol. The number of carbonyl (C=O) groups excluding carboxylic acids is 3. The highest BCUT2D eigenvalue weighted by Gasteiger charge is 2.22. The number of nitrogens with two attached hydrogens (primary N) is 1. The average molecular weight is 582 g/mol. The Hall–Kier alpha value is -1.59. The third-order valence-electron chi connectivity index (χ3n) is 7.96. The van der Waals surface area contributed by atoms with E-state index in [-0.39, 0.29) is 19.0 Å². The first-order valence-corrected chi connectivity index (χ1v) is 17.7. The van der Waals surface area contributed by atoms with Gasteiger partial charge in [0.25, 0.3) is 5.91 Å². The minimum absolute atomic E-state index is 0.258. The summed E-state index contributed by atoms with van der Waals surface area (Å²) in [5, 5.41) is 0. The van der Waals surface area contributed by atoms with Crippen molar-refractivity contribution in [3.8, 4) is 0 Å². The quantitative estimate of drug-likeness (QED) is 0.0630. The maximum atomic E-state index is 12.1. The van der Waals surface area contributed by atoms with Crippen LogP contribution >= 0.6 is 0 Å². The van der Waals surface area contributed by atoms with Crippen LogP contribution in [0.5, 0.6) is 0 Å². The Morgan fingerprint density at radius 1 is 0.463 bits per heavy atom. The van der Waals surface area contributed by atoms with E-state index < -0.39 is 18.0 Å². The van der Waals surface area contributed by atoms with Gasteiger partial charge in [-0.2, -0.15) is 0 Å². The molecule has 6 nitrogen and oxygen atoms in total. The van der Waals surface area contributed by atoms with Crippen molar-refractivity contribution in [2.75, 3.05) is 6.61 Å². The first-order valence-electron chi connectivity index (χ1n) is 17.7. The summed E-state index contributed by atoms with van der Waals surface area (Å²) in [7, 11) is 0. The van der Waals surface area contributed by atoms with Gasteiger partial charge in [-0.1, -0.05) is 168 Å². The van der Waals surface area contributed by atoms with Crippen LogP contribution < -0.4 is 5.73 Å². The van der Waals surface area contributed by atoms with Gasteiger partial charge < -0.3 is 15.2 Å². The van der Waals surface area contributed by atoms with E-state index in [1.807, 2.05) is 0 Å². The molecule has 2 N–H and O–H groups in total. The molecule has 1 amide bonds. The van der Waals surface area contributed by atoms with Gasteiger partial charge in [0.05, 0.1) is 0 Å². The fourth-order valence-corrected chi connectivity index (χ4v) is 5.21. The van der Waals surface area contributed by atoms with Crippen molar-refractivity contribution in [3.05, 3.63) is 0 Å². The van der Waals surface area contributed by atoms with Crippen LogP contribution in [0.25, 0.3) is 0 Å². The number of rotatable bonds is 32. The van der Waals surface area contributed by atoms with Crippen LogP contribution in [0, 0.1) is 0 Å². The van der Waals surface area contributed by atoms with Gasteiger partial charge >= 0.3 is 11.9 Å². The Kier molecular flexibility index (Phi) is 30.1. The second kappa shape index (κ2) is 31.3. The van der Waals surface area contributed by atoms with Crippen molar-refractivity contribution >= 4 is 17.8 Å². The number of esters is 2. The number of hydrogen-bond donors (Lipinski definition) is 1. The molecule has 41 heavy (non-hydrogen) atoms. The Bertz CT molecular complexity index is 609. The van der Waals surface area contributed by atoms with E-state index in [9.17, 15) is 14.4 Å². The van der Waals surface area contributed by atoms with E-state index in [4.69, 9.17) is 15.2 Å². The van der Waals surface area contributed by atoms with Crippen LogP contribution in [-0.4, -0.2) is 30.6 Å². The van der Waals surface area contributed by atoms with Gasteiger partial charge in [0.1, 0.15) is 6.61 Å². The zero-order valence-corrected chi connectivity index (χ0v) is 27.2. The lowest BCUT2D eigenvalue weighted by molar-refractivity contribution is -0.163. The molecule has 0 heterocycles. The van der Waals surface area contributed by atoms with E-state index in [2.05, 4.69) is 13.8 Å². The molecule has 0 aromatic heterocycles. The minimum atomic E-state index is -1.21. The second-order valence-corrected chi connectivity index (χ2v) is 12.0. The van der Waals surface area contributed by atoms with Crippen LogP contribution in [0.4, 0.5) is 0 Å². The molecule has 0 spiro atoms. The fourth-order valence-electron chi connectivity index (χ4n) is 5.21. The Morgan fingerprint density at radius 3 is 1.07 bits per heavy atom. The van der Waals surface area contributed by atoms with Gasteiger partial charge in [-0.3, -0.25) is 14.4 Å². The third-order valence-corrected chi connectivity index (χ3v) is 7.96. The van der Waals surface area contributed by atoms with Crippen molar-refractivity contribution in [2.24, 2.45) is 5.73 Å². The molecule has 0 bridgehead atoms. The van der Waals surface area contributed by atoms with Gasteiger partial charge in [0.2, 0.25) is 6.10 Å². The summed E-state index contributed by atoms with van der Waals surface area (Å²) in [6, 6.07) is 0. The summed E-state index contributed by atoms with van der Waals surface area (Å²) in [5.74, 6) is -1.60. The summed E-state index contributed by atoms with van der Waals surface area (Å²) < 4.78 is 10.4. The number of carbonyl (C=O) groups is 3. The molecule has 0 aliphatic heterocycles. The normalized spacial score (nSPS) is 11.9. The lowest BCUT2D eigenvalue weighted by Gasteiger charge is -2.15. The van der Waals surface area contributed by atoms with Crippen LogP contribution in [0.1, 0.15) is 194 Å². The predicted octanol–water partition coefficient (Wildman–Crippen LogP) is 9.89. The Balaban J connectivity index is 3.66. The Morgan fingerprint density at radius 2 is 0.756 bits per heavy atom. The first kappa shape index (κ1) is 39.4. The SMILES string of the molecule is CCCCCCCCCCCCCCCC(=O)OCC(OC(=O)CCCCCCCCCCCCCCC)C(N)=O. The molecule has 0 saturated carbocycles. The van der Waals surface area contributed by atoms with E-state index in [1.54, 1.807) is 0 Å². The molecule has 0 fully saturated rings. The average Bonchev–Trinajstić information content (AvgIpc) is 2.95. The standard InChI is InChI=1S/C35H67NO5/c1-3-5-7-9-11-13-15-17-19-21-23-25-27-29-33(37)40-31-32(35(36)39)41-34(38)30-28-26-24-22-20-18-16-14-12-10-8-6-4-2/h32H,3-31H2,1-2H3,(H2,36,39). The number of amides is 1. The highest BCUT2D eigenvalue weighted by molar-refractivity contribution is 5.82. The molecule has 0 aromatic rings. The summed E-state index contributed by atoms with van der Waals surface area (Å²) in [6.45, 7) is 4.21. The summed E-state index contributed by atoms with van der Waals surface area (Å²) in [4.78, 5) is 35.9. The smallest absolute Gasteiger partial charge is 0.306 e. The van der Waals surface area contributed by atoms with E-state index >= 15 is 0 Å². The summed E-state index contributed by atoms with van der Waals surface area (Å²) in [6.07, 6.45) is 31.6. The predicted molar refractivity (Wildman–Crippen MR) is 171 cm³/mol. The van der Waals surface area contributed by atoms with Gasteiger partial charge in [-0.25, -0.2) is 0 Å². The molecular formula is C35H67NO5. The number of ether oxygens (including phenoxy) is 2. The maximum absolute atomic E-state index is 12.1. The van der Waals surface area contributed by atoms with Crippen molar-refractivity contribution in [1.82, 2.24) is 0 Å². The van der Waals surface area contributed by atoms with Crippen molar-refractivity contribution in [2.45, 2.75) is 200 Å². The van der Waals surface area contributed by atoms with Crippen LogP contribution in [0.15, 0.2) is 0 Å². The molecule has 1 atom stereocenters. The highest BCUT2D eigenvalue weighted by Crippen LogP contribution is 2.15. The van der Waals surface area contributed by atoms with E-state index in [0.717, 1.165) is 38.5 Å². The maximum Gasteiger partial charge on any atom is 0.306 e. The summed E-state index contributed by atoms with van der Waals surface area (Å²) in [5.41, 5.74) is 5.36. The van der Waals surface area contributed by atoms with Crippen molar-refractivity contribution < 1.29 is 23.9 Å². The number of hydrogen-bond acceptors (Lipinski definition) is 5. The van der Waals surface area contributed by atoms with Gasteiger partial charge in [-0.15, -0.1) is 0 Å². The molecule has 6 heteroatoms. The largest absolute Gasteiger partial charge is 0.461 e. The van der Waals surface area contributed by atoms with Gasteiger partial charge in [0, 0.05) is 12.8 Å². The Labute approximate surface area is 253 Å². The zero-order chi connectivity index (χ0) is 30.2. The molecule has 0 rings (SSSR count). The molecule has 0 aromatic carbocycles. The van der Waals surface area contributed by atoms with Gasteiger partial charge in [0.15, 0.2) is 0 Å². The van der Waals surface area contributed by atoms with Crippen molar-refractivity contribution in [1.29, 1.82) is 0 Å². The highest BCUT2D eigenvalue weighted by atomic mass is 16.6. The molecule has 0 saturated heterocycles. The van der Waals surface area contributed by atoms with Crippen LogP contribution in [-0.2, 0) is 23.9 Å². The topological polar surface area (TPSA) is 95.7 Å². The molecule has 1 unspecified atom stereocenters. The van der Waals surface area contributed by atoms with Crippen molar-refractivity contribution in [3.63, 3.8) is 0 Å². The first-order chi connectivity index (χ1) is 20.0.